The van der Waals surface area contributed by atoms with Gasteiger partial charge in [0, 0.05) is 38.7 Å². The molecule has 3 aliphatic rings. The predicted molar refractivity (Wildman–Crippen MR) is 94.9 cm³/mol. The third-order valence-electron chi connectivity index (χ3n) is 5.92. The van der Waals surface area contributed by atoms with Crippen molar-refractivity contribution in [3.05, 3.63) is 23.8 Å². The highest BCUT2D eigenvalue weighted by Gasteiger charge is 2.42. The summed E-state index contributed by atoms with van der Waals surface area (Å²) in [5.41, 5.74) is 1.14. The van der Waals surface area contributed by atoms with Crippen molar-refractivity contribution in [3.63, 3.8) is 0 Å². The number of hydrogen-bond donors (Lipinski definition) is 1. The van der Waals surface area contributed by atoms with E-state index in [1.165, 1.54) is 0 Å². The summed E-state index contributed by atoms with van der Waals surface area (Å²) in [5.74, 6) is 1.32. The number of nitrogens with zero attached hydrogens (tertiary/aromatic N) is 2. The minimum atomic E-state index is -0.193. The summed E-state index contributed by atoms with van der Waals surface area (Å²) in [4.78, 5) is 39.8. The van der Waals surface area contributed by atoms with Crippen LogP contribution in [0.25, 0.3) is 0 Å². The van der Waals surface area contributed by atoms with Crippen molar-refractivity contribution < 1.29 is 19.1 Å². The van der Waals surface area contributed by atoms with E-state index >= 15 is 0 Å². The SMILES string of the molecule is CN1C[C@H]2C[C@@H](N(C)C(=O)c3ccc4c(c3)OCC(=O)N4)C[C@H]2CC1=O. The van der Waals surface area contributed by atoms with Gasteiger partial charge in [-0.2, -0.15) is 0 Å². The highest BCUT2D eigenvalue weighted by molar-refractivity contribution is 5.99. The molecular weight excluding hydrogens is 334 g/mol. The van der Waals surface area contributed by atoms with Crippen LogP contribution in [0.15, 0.2) is 18.2 Å². The van der Waals surface area contributed by atoms with E-state index in [-0.39, 0.29) is 30.4 Å². The van der Waals surface area contributed by atoms with Gasteiger partial charge in [-0.1, -0.05) is 0 Å². The summed E-state index contributed by atoms with van der Waals surface area (Å²) in [6.07, 6.45) is 2.40. The number of piperidine rings is 1. The number of nitrogens with one attached hydrogen (secondary N) is 1. The van der Waals surface area contributed by atoms with Gasteiger partial charge in [-0.15, -0.1) is 0 Å². The summed E-state index contributed by atoms with van der Waals surface area (Å²) in [6.45, 7) is 0.752. The fourth-order valence-corrected chi connectivity index (χ4v) is 4.38. The first-order valence-electron chi connectivity index (χ1n) is 9.00. The molecular formula is C19H23N3O4. The molecule has 1 aliphatic carbocycles. The minimum Gasteiger partial charge on any atom is -0.482 e. The Bertz CT molecular complexity index is 778. The number of amides is 3. The molecule has 0 bridgehead atoms. The lowest BCUT2D eigenvalue weighted by Crippen LogP contribution is -2.39. The van der Waals surface area contributed by atoms with Crippen molar-refractivity contribution >= 4 is 23.4 Å². The van der Waals surface area contributed by atoms with Gasteiger partial charge in [0.05, 0.1) is 5.69 Å². The average Bonchev–Trinajstić information content (AvgIpc) is 3.03. The molecule has 0 unspecified atom stereocenters. The monoisotopic (exact) mass is 357 g/mol. The zero-order chi connectivity index (χ0) is 18.4. The third-order valence-corrected chi connectivity index (χ3v) is 5.92. The van der Waals surface area contributed by atoms with Crippen molar-refractivity contribution in [2.45, 2.75) is 25.3 Å². The maximum Gasteiger partial charge on any atom is 0.262 e. The number of hydrogen-bond acceptors (Lipinski definition) is 4. The van der Waals surface area contributed by atoms with E-state index < -0.39 is 0 Å². The summed E-state index contributed by atoms with van der Waals surface area (Å²) in [7, 11) is 3.69. The van der Waals surface area contributed by atoms with Crippen molar-refractivity contribution in [1.82, 2.24) is 9.80 Å². The van der Waals surface area contributed by atoms with Gasteiger partial charge in [0.2, 0.25) is 5.91 Å². The highest BCUT2D eigenvalue weighted by atomic mass is 16.5. The first kappa shape index (κ1) is 16.9. The van der Waals surface area contributed by atoms with E-state index in [1.54, 1.807) is 28.0 Å². The number of anilines is 1. The fourth-order valence-electron chi connectivity index (χ4n) is 4.38. The van der Waals surface area contributed by atoms with Crippen molar-refractivity contribution in [3.8, 4) is 5.75 Å². The second-order valence-electron chi connectivity index (χ2n) is 7.59. The maximum absolute atomic E-state index is 12.9. The van der Waals surface area contributed by atoms with Gasteiger partial charge in [-0.3, -0.25) is 14.4 Å². The molecule has 7 nitrogen and oxygen atoms in total. The van der Waals surface area contributed by atoms with Gasteiger partial charge in [-0.05, 0) is 42.9 Å². The van der Waals surface area contributed by atoms with Crippen LogP contribution >= 0.6 is 0 Å². The van der Waals surface area contributed by atoms with Crippen molar-refractivity contribution in [2.24, 2.45) is 11.8 Å². The number of benzene rings is 1. The van der Waals surface area contributed by atoms with Crippen LogP contribution in [-0.2, 0) is 9.59 Å². The predicted octanol–water partition coefficient (Wildman–Crippen LogP) is 1.35. The number of rotatable bonds is 2. The smallest absolute Gasteiger partial charge is 0.262 e. The summed E-state index contributed by atoms with van der Waals surface area (Å²) < 4.78 is 5.41. The van der Waals surface area contributed by atoms with Crippen molar-refractivity contribution in [2.75, 3.05) is 32.6 Å². The largest absolute Gasteiger partial charge is 0.482 e. The van der Waals surface area contributed by atoms with Crippen molar-refractivity contribution in [1.29, 1.82) is 0 Å². The molecule has 4 rings (SSSR count). The molecule has 3 atom stereocenters. The van der Waals surface area contributed by atoms with E-state index in [0.717, 1.165) is 19.4 Å². The van der Waals surface area contributed by atoms with E-state index in [1.807, 2.05) is 14.1 Å². The van der Waals surface area contributed by atoms with Crippen LogP contribution in [0.1, 0.15) is 29.6 Å². The van der Waals surface area contributed by atoms with E-state index in [4.69, 9.17) is 4.74 Å². The lowest BCUT2D eigenvalue weighted by Gasteiger charge is -2.31. The molecule has 0 spiro atoms. The Morgan fingerprint density at radius 3 is 2.85 bits per heavy atom. The summed E-state index contributed by atoms with van der Waals surface area (Å²) in [5, 5.41) is 2.73. The van der Waals surface area contributed by atoms with Crippen LogP contribution < -0.4 is 10.1 Å². The van der Waals surface area contributed by atoms with Gasteiger partial charge in [0.25, 0.3) is 11.8 Å². The van der Waals surface area contributed by atoms with Gasteiger partial charge in [-0.25, -0.2) is 0 Å². The standard InChI is InChI=1S/C19H23N3O4/c1-21-9-13-6-14(5-12(13)8-18(21)24)22(2)19(25)11-3-4-15-16(7-11)26-10-17(23)20-15/h3-4,7,12-14H,5-6,8-10H2,1-2H3,(H,20,23)/t12-,13+,14-/m0/s1. The van der Waals surface area contributed by atoms with E-state index in [0.29, 0.717) is 35.3 Å². The number of ether oxygens (including phenoxy) is 1. The second-order valence-corrected chi connectivity index (χ2v) is 7.59. The summed E-state index contributed by atoms with van der Waals surface area (Å²) in [6, 6.07) is 5.25. The Kier molecular flexibility index (Phi) is 4.09. The Hall–Kier alpha value is -2.57. The van der Waals surface area contributed by atoms with Crippen LogP contribution in [0.4, 0.5) is 5.69 Å². The molecule has 1 N–H and O–H groups in total. The lowest BCUT2D eigenvalue weighted by atomic mass is 9.88. The first-order chi connectivity index (χ1) is 12.4. The topological polar surface area (TPSA) is 79.0 Å². The molecule has 3 amide bonds. The number of carbonyl (C=O) groups is 3. The van der Waals surface area contributed by atoms with Gasteiger partial charge in [0.15, 0.2) is 6.61 Å². The molecule has 2 fully saturated rings. The maximum atomic E-state index is 12.9. The molecule has 2 aliphatic heterocycles. The molecule has 2 heterocycles. The summed E-state index contributed by atoms with van der Waals surface area (Å²) >= 11 is 0. The van der Waals surface area contributed by atoms with E-state index in [9.17, 15) is 14.4 Å². The molecule has 0 aromatic heterocycles. The number of likely N-dealkylation sites (tertiary alicyclic amines) is 1. The third kappa shape index (κ3) is 2.91. The molecule has 1 saturated carbocycles. The average molecular weight is 357 g/mol. The molecule has 0 radical (unpaired) electrons. The normalized spacial score (nSPS) is 27.3. The van der Waals surface area contributed by atoms with Crippen LogP contribution in [0, 0.1) is 11.8 Å². The van der Waals surface area contributed by atoms with Gasteiger partial charge < -0.3 is 19.9 Å². The molecule has 26 heavy (non-hydrogen) atoms. The fraction of sp³-hybridized carbons (Fsp3) is 0.526. The van der Waals surface area contributed by atoms with Crippen LogP contribution in [0.3, 0.4) is 0 Å². The van der Waals surface area contributed by atoms with E-state index in [2.05, 4.69) is 5.32 Å². The zero-order valence-corrected chi connectivity index (χ0v) is 15.0. The van der Waals surface area contributed by atoms with Crippen LogP contribution in [-0.4, -0.2) is 60.8 Å². The molecule has 138 valence electrons. The molecule has 1 saturated heterocycles. The van der Waals surface area contributed by atoms with Crippen LogP contribution in [0.5, 0.6) is 5.75 Å². The van der Waals surface area contributed by atoms with Gasteiger partial charge in [0.1, 0.15) is 5.75 Å². The lowest BCUT2D eigenvalue weighted by molar-refractivity contribution is -0.134. The Morgan fingerprint density at radius 2 is 2.04 bits per heavy atom. The molecule has 1 aromatic rings. The molecule has 7 heteroatoms. The Morgan fingerprint density at radius 1 is 1.27 bits per heavy atom. The quantitative estimate of drug-likeness (QED) is 0.866. The molecule has 1 aromatic carbocycles. The highest BCUT2D eigenvalue weighted by Crippen LogP contribution is 2.40. The Balaban J connectivity index is 1.47. The Labute approximate surface area is 152 Å². The number of carbonyl (C=O) groups excluding carboxylic acids is 3. The minimum absolute atomic E-state index is 0.0337. The number of fused-ring (bicyclic) bond motifs is 2. The van der Waals surface area contributed by atoms with Gasteiger partial charge >= 0.3 is 0 Å². The zero-order valence-electron chi connectivity index (χ0n) is 15.0. The second kappa shape index (κ2) is 6.30. The van der Waals surface area contributed by atoms with Crippen LogP contribution in [0.2, 0.25) is 0 Å². The first-order valence-corrected chi connectivity index (χ1v) is 9.00.